The molecule has 1 N–H and O–H groups in total. The van der Waals surface area contributed by atoms with Gasteiger partial charge in [-0.1, -0.05) is 13.8 Å². The summed E-state index contributed by atoms with van der Waals surface area (Å²) in [4.78, 5) is 14.8. The topological polar surface area (TPSA) is 53.7 Å². The molecule has 4 nitrogen and oxygen atoms in total. The highest BCUT2D eigenvalue weighted by Crippen LogP contribution is 2.38. The fourth-order valence-electron chi connectivity index (χ4n) is 3.50. The highest BCUT2D eigenvalue weighted by molar-refractivity contribution is 5.83. The number of halogens is 3. The third-order valence-electron chi connectivity index (χ3n) is 5.40. The molecular formula is C20H24F3NO3. The maximum absolute atomic E-state index is 13.2. The van der Waals surface area contributed by atoms with Gasteiger partial charge < -0.3 is 14.4 Å². The van der Waals surface area contributed by atoms with E-state index in [0.29, 0.717) is 19.0 Å². The van der Waals surface area contributed by atoms with Crippen LogP contribution in [-0.2, 0) is 6.18 Å². The van der Waals surface area contributed by atoms with Crippen molar-refractivity contribution in [2.75, 3.05) is 18.0 Å². The van der Waals surface area contributed by atoms with Crippen LogP contribution in [0.25, 0.3) is 11.0 Å². The van der Waals surface area contributed by atoms with E-state index >= 15 is 0 Å². The molecule has 2 aromatic rings. The van der Waals surface area contributed by atoms with Crippen LogP contribution in [0.2, 0.25) is 0 Å². The summed E-state index contributed by atoms with van der Waals surface area (Å²) in [6, 6.07) is 1.66. The molecule has 1 unspecified atom stereocenters. The van der Waals surface area contributed by atoms with Gasteiger partial charge in [0.2, 0.25) is 5.88 Å². The number of aliphatic hydroxyl groups is 1. The lowest BCUT2D eigenvalue weighted by Crippen LogP contribution is -2.38. The number of benzene rings is 1. The summed E-state index contributed by atoms with van der Waals surface area (Å²) in [5.41, 5.74) is -0.982. The smallest absolute Gasteiger partial charge is 0.416 e. The molecule has 0 bridgehead atoms. The van der Waals surface area contributed by atoms with E-state index in [0.717, 1.165) is 25.0 Å². The highest BCUT2D eigenvalue weighted by atomic mass is 19.4. The zero-order valence-corrected chi connectivity index (χ0v) is 15.9. The second-order valence-electron chi connectivity index (χ2n) is 8.13. The van der Waals surface area contributed by atoms with Crippen LogP contribution in [0.1, 0.15) is 56.4 Å². The molecule has 0 radical (unpaired) electrons. The van der Waals surface area contributed by atoms with Gasteiger partial charge in [-0.15, -0.1) is 0 Å². The molecule has 1 fully saturated rings. The summed E-state index contributed by atoms with van der Waals surface area (Å²) in [5, 5.41) is 9.85. The van der Waals surface area contributed by atoms with Crippen LogP contribution in [-0.4, -0.2) is 18.2 Å². The first-order valence-electron chi connectivity index (χ1n) is 9.02. The average Bonchev–Trinajstić information content (AvgIpc) is 2.56. The molecule has 0 amide bonds. The average molecular weight is 383 g/mol. The summed E-state index contributed by atoms with van der Waals surface area (Å²) in [6.07, 6.45) is -3.97. The van der Waals surface area contributed by atoms with E-state index in [1.807, 2.05) is 4.90 Å². The van der Waals surface area contributed by atoms with Crippen LogP contribution < -0.4 is 10.3 Å². The Morgan fingerprint density at radius 3 is 2.33 bits per heavy atom. The van der Waals surface area contributed by atoms with Crippen molar-refractivity contribution in [2.45, 2.75) is 52.8 Å². The van der Waals surface area contributed by atoms with Gasteiger partial charge in [0.05, 0.1) is 22.6 Å². The number of hydrogen-bond acceptors (Lipinski definition) is 4. The Morgan fingerprint density at radius 1 is 1.22 bits per heavy atom. The van der Waals surface area contributed by atoms with Gasteiger partial charge in [-0.2, -0.15) is 13.2 Å². The first-order chi connectivity index (χ1) is 12.4. The molecule has 3 rings (SSSR count). The third kappa shape index (κ3) is 3.70. The summed E-state index contributed by atoms with van der Waals surface area (Å²) in [5.74, 6) is 0.379. The first-order valence-corrected chi connectivity index (χ1v) is 9.02. The lowest BCUT2D eigenvalue weighted by molar-refractivity contribution is -0.137. The summed E-state index contributed by atoms with van der Waals surface area (Å²) in [7, 11) is 0. The van der Waals surface area contributed by atoms with Crippen molar-refractivity contribution in [3.63, 3.8) is 0 Å². The number of hydrogen-bond donors (Lipinski definition) is 1. The van der Waals surface area contributed by atoms with E-state index in [9.17, 15) is 23.1 Å². The second kappa shape index (κ2) is 6.55. The van der Waals surface area contributed by atoms with Gasteiger partial charge in [0.15, 0.2) is 5.43 Å². The first kappa shape index (κ1) is 19.7. The van der Waals surface area contributed by atoms with Crippen LogP contribution in [0.15, 0.2) is 21.3 Å². The summed E-state index contributed by atoms with van der Waals surface area (Å²) in [6.45, 7) is 8.69. The van der Waals surface area contributed by atoms with Crippen LogP contribution >= 0.6 is 0 Å². The van der Waals surface area contributed by atoms with Crippen LogP contribution in [0.3, 0.4) is 0 Å². The number of nitrogens with zero attached hydrogens (tertiary/aromatic N) is 1. The monoisotopic (exact) mass is 383 g/mol. The minimum absolute atomic E-state index is 0.0217. The Kier molecular flexibility index (Phi) is 4.78. The maximum atomic E-state index is 13.2. The van der Waals surface area contributed by atoms with Gasteiger partial charge in [-0.3, -0.25) is 4.79 Å². The molecule has 0 saturated carbocycles. The Labute approximate surface area is 155 Å². The molecule has 1 aliphatic heterocycles. The fourth-order valence-corrected chi connectivity index (χ4v) is 3.50. The van der Waals surface area contributed by atoms with Crippen molar-refractivity contribution in [2.24, 2.45) is 5.41 Å². The standard InChI is InChI=1S/C20H24F3NO3/c1-11-16(26)15-10-13(20(21,22)23)9-14(12(2)25)17(15)27-18(11)24-7-5-19(3,4)6-8-24/h9-10,12,25H,5-8H2,1-4H3. The van der Waals surface area contributed by atoms with E-state index in [-0.39, 0.29) is 27.5 Å². The molecule has 27 heavy (non-hydrogen) atoms. The van der Waals surface area contributed by atoms with Crippen LogP contribution in [0.4, 0.5) is 19.1 Å². The van der Waals surface area contributed by atoms with Crippen molar-refractivity contribution in [3.8, 4) is 0 Å². The van der Waals surface area contributed by atoms with Crippen molar-refractivity contribution in [1.82, 2.24) is 0 Å². The maximum Gasteiger partial charge on any atom is 0.416 e. The molecule has 7 heteroatoms. The van der Waals surface area contributed by atoms with Gasteiger partial charge in [-0.25, -0.2) is 0 Å². The van der Waals surface area contributed by atoms with Crippen LogP contribution in [0, 0.1) is 12.3 Å². The van der Waals surface area contributed by atoms with Gasteiger partial charge in [0.1, 0.15) is 5.58 Å². The van der Waals surface area contributed by atoms with E-state index < -0.39 is 23.3 Å². The molecule has 0 aliphatic carbocycles. The van der Waals surface area contributed by atoms with Crippen molar-refractivity contribution in [3.05, 3.63) is 39.0 Å². The molecule has 1 saturated heterocycles. The zero-order chi connectivity index (χ0) is 20.1. The normalized spacial score (nSPS) is 18.7. The molecule has 1 aromatic carbocycles. The SMILES string of the molecule is Cc1c(N2CCC(C)(C)CC2)oc2c(C(C)O)cc(C(F)(F)F)cc2c1=O. The number of alkyl halides is 3. The van der Waals surface area contributed by atoms with E-state index in [4.69, 9.17) is 4.42 Å². The van der Waals surface area contributed by atoms with Gasteiger partial charge >= 0.3 is 6.18 Å². The summed E-state index contributed by atoms with van der Waals surface area (Å²) >= 11 is 0. The fraction of sp³-hybridized carbons (Fsp3) is 0.550. The third-order valence-corrected chi connectivity index (χ3v) is 5.40. The van der Waals surface area contributed by atoms with Crippen molar-refractivity contribution in [1.29, 1.82) is 0 Å². The van der Waals surface area contributed by atoms with Crippen molar-refractivity contribution >= 4 is 16.9 Å². The Bertz CT molecular complexity index is 919. The minimum atomic E-state index is -4.62. The number of piperidine rings is 1. The highest BCUT2D eigenvalue weighted by Gasteiger charge is 2.34. The number of anilines is 1. The molecule has 2 heterocycles. The quantitative estimate of drug-likeness (QED) is 0.809. The molecular weight excluding hydrogens is 359 g/mol. The van der Waals surface area contributed by atoms with E-state index in [1.165, 1.54) is 6.92 Å². The Hall–Kier alpha value is -2.02. The van der Waals surface area contributed by atoms with E-state index in [1.54, 1.807) is 6.92 Å². The summed E-state index contributed by atoms with van der Waals surface area (Å²) < 4.78 is 45.6. The number of fused-ring (bicyclic) bond motifs is 1. The van der Waals surface area contributed by atoms with Gasteiger partial charge in [0.25, 0.3) is 0 Å². The zero-order valence-electron chi connectivity index (χ0n) is 15.9. The largest absolute Gasteiger partial charge is 0.440 e. The molecule has 0 spiro atoms. The molecule has 1 atom stereocenters. The molecule has 148 valence electrons. The second-order valence-corrected chi connectivity index (χ2v) is 8.13. The van der Waals surface area contributed by atoms with Gasteiger partial charge in [-0.05, 0) is 44.2 Å². The minimum Gasteiger partial charge on any atom is -0.440 e. The predicted octanol–water partition coefficient (Wildman–Crippen LogP) is 4.80. The Morgan fingerprint density at radius 2 is 1.81 bits per heavy atom. The number of rotatable bonds is 2. The lowest BCUT2D eigenvalue weighted by Gasteiger charge is -2.37. The Balaban J connectivity index is 2.21. The molecule has 1 aliphatic rings. The molecule has 1 aromatic heterocycles. The lowest BCUT2D eigenvalue weighted by atomic mass is 9.82. The van der Waals surface area contributed by atoms with E-state index in [2.05, 4.69) is 13.8 Å². The predicted molar refractivity (Wildman–Crippen MR) is 98.1 cm³/mol. The van der Waals surface area contributed by atoms with Crippen molar-refractivity contribution < 1.29 is 22.7 Å². The van der Waals surface area contributed by atoms with Gasteiger partial charge in [0, 0.05) is 18.7 Å². The van der Waals surface area contributed by atoms with Crippen LogP contribution in [0.5, 0.6) is 0 Å². The number of aliphatic hydroxyl groups excluding tert-OH is 1.